The number of allylic oxidation sites excluding steroid dienone is 2. The molecule has 227 valence electrons. The van der Waals surface area contributed by atoms with Gasteiger partial charge in [0.1, 0.15) is 0 Å². The van der Waals surface area contributed by atoms with Crippen molar-refractivity contribution in [2.24, 2.45) is 29.6 Å². The van der Waals surface area contributed by atoms with Gasteiger partial charge in [-0.15, -0.1) is 34.9 Å². The molecule has 4 heteroatoms. The van der Waals surface area contributed by atoms with Crippen LogP contribution in [0.1, 0.15) is 95.8 Å². The van der Waals surface area contributed by atoms with E-state index in [1.165, 1.54) is 66.5 Å². The van der Waals surface area contributed by atoms with E-state index in [9.17, 15) is 9.90 Å². The Morgan fingerprint density at radius 1 is 0.952 bits per heavy atom. The molecule has 0 unspecified atom stereocenters. The van der Waals surface area contributed by atoms with E-state index in [0.717, 1.165) is 29.0 Å². The van der Waals surface area contributed by atoms with E-state index in [0.29, 0.717) is 30.1 Å². The Morgan fingerprint density at radius 2 is 1.57 bits per heavy atom. The number of nitrogens with zero attached hydrogens (tertiary/aromatic N) is 1. The molecule has 1 radical (unpaired) electrons. The zero-order valence-corrected chi connectivity index (χ0v) is 28.7. The molecule has 0 saturated heterocycles. The Morgan fingerprint density at radius 3 is 2.14 bits per heavy atom. The van der Waals surface area contributed by atoms with Crippen LogP contribution in [0.3, 0.4) is 0 Å². The van der Waals surface area contributed by atoms with Crippen LogP contribution in [0, 0.1) is 49.5 Å². The maximum Gasteiger partial charge on any atom is 0.159 e. The molecule has 7 rings (SSSR count). The molecule has 4 aliphatic rings. The number of hydrogen-bond donors (Lipinski definition) is 1. The fourth-order valence-corrected chi connectivity index (χ4v) is 8.32. The van der Waals surface area contributed by atoms with Crippen molar-refractivity contribution >= 4 is 16.6 Å². The summed E-state index contributed by atoms with van der Waals surface area (Å²) in [6, 6.07) is 17.4. The quantitative estimate of drug-likeness (QED) is 0.149. The Kier molecular flexibility index (Phi) is 10.5. The number of pyridine rings is 1. The van der Waals surface area contributed by atoms with E-state index >= 15 is 0 Å². The van der Waals surface area contributed by atoms with Gasteiger partial charge in [0.15, 0.2) is 5.78 Å². The molecule has 1 N–H and O–H groups in total. The minimum Gasteiger partial charge on any atom is -0.512 e. The number of aromatic nitrogens is 1. The van der Waals surface area contributed by atoms with Crippen LogP contribution in [-0.4, -0.2) is 15.9 Å². The summed E-state index contributed by atoms with van der Waals surface area (Å²) in [5.74, 6) is 3.90. The largest absolute Gasteiger partial charge is 0.512 e. The van der Waals surface area contributed by atoms with Crippen LogP contribution in [0.15, 0.2) is 54.4 Å². The van der Waals surface area contributed by atoms with Gasteiger partial charge in [0.2, 0.25) is 0 Å². The second-order valence-corrected chi connectivity index (χ2v) is 14.3. The Labute approximate surface area is 267 Å². The van der Waals surface area contributed by atoms with Crippen LogP contribution in [-0.2, 0) is 30.3 Å². The van der Waals surface area contributed by atoms with Crippen LogP contribution >= 0.6 is 0 Å². The summed E-state index contributed by atoms with van der Waals surface area (Å²) in [5, 5.41) is 11.9. The molecule has 0 amide bonds. The topological polar surface area (TPSA) is 50.2 Å². The number of aliphatic hydroxyl groups is 1. The van der Waals surface area contributed by atoms with Gasteiger partial charge in [-0.3, -0.25) is 4.79 Å². The standard InChI is InChI=1S/C27H28N.C11H20O2.Ir/c1-17-7-18(2)9-23(8-17)26-25-13-24(4-3-22(25)5-6-28-26)27-14-19-10-20(15-27)12-21(11-19)16-27;1-8(2)5-10(12)7-11(13)6-9(3)4;/h3-8,13,19-21H,10-12,14-16H2,1-2H3;7-9,12H,5-6H2,1-4H3;/q-1;;/b;10-7-;. The molecule has 3 nitrogen and oxygen atoms in total. The molecule has 0 aliphatic heterocycles. The summed E-state index contributed by atoms with van der Waals surface area (Å²) in [7, 11) is 0. The molecule has 4 aliphatic carbocycles. The van der Waals surface area contributed by atoms with Gasteiger partial charge < -0.3 is 10.1 Å². The third-order valence-corrected chi connectivity index (χ3v) is 9.37. The molecular weight excluding hydrogens is 695 g/mol. The first-order valence-corrected chi connectivity index (χ1v) is 15.8. The maximum atomic E-state index is 11.2. The first-order valence-electron chi connectivity index (χ1n) is 15.8. The molecule has 0 atom stereocenters. The van der Waals surface area contributed by atoms with E-state index in [-0.39, 0.29) is 31.6 Å². The van der Waals surface area contributed by atoms with Crippen molar-refractivity contribution in [3.8, 4) is 11.3 Å². The van der Waals surface area contributed by atoms with Crippen molar-refractivity contribution < 1.29 is 30.0 Å². The number of aryl methyl sites for hydroxylation is 2. The van der Waals surface area contributed by atoms with Crippen molar-refractivity contribution in [2.75, 3.05) is 0 Å². The number of carbonyl (C=O) groups is 1. The van der Waals surface area contributed by atoms with Gasteiger partial charge in [-0.25, -0.2) is 0 Å². The van der Waals surface area contributed by atoms with Crippen molar-refractivity contribution in [2.45, 2.75) is 98.3 Å². The average Bonchev–Trinajstić information content (AvgIpc) is 2.86. The van der Waals surface area contributed by atoms with Crippen LogP contribution in [0.25, 0.3) is 22.0 Å². The molecule has 4 saturated carbocycles. The minimum absolute atomic E-state index is 0. The maximum absolute atomic E-state index is 11.2. The number of hydrogen-bond acceptors (Lipinski definition) is 3. The normalized spacial score (nSPS) is 24.5. The number of carbonyl (C=O) groups excluding carboxylic acids is 1. The first-order chi connectivity index (χ1) is 19.5. The fourth-order valence-electron chi connectivity index (χ4n) is 8.32. The molecule has 4 fully saturated rings. The number of rotatable bonds is 7. The zero-order valence-electron chi connectivity index (χ0n) is 26.3. The molecular formula is C38H48IrNO2-. The van der Waals surface area contributed by atoms with Gasteiger partial charge in [0.25, 0.3) is 0 Å². The van der Waals surface area contributed by atoms with Crippen molar-refractivity contribution in [3.63, 3.8) is 0 Å². The molecule has 42 heavy (non-hydrogen) atoms. The Hall–Kier alpha value is -2.29. The van der Waals surface area contributed by atoms with Gasteiger partial charge in [-0.2, -0.15) is 0 Å². The van der Waals surface area contributed by atoms with Crippen LogP contribution in [0.2, 0.25) is 0 Å². The van der Waals surface area contributed by atoms with Crippen LogP contribution in [0.5, 0.6) is 0 Å². The van der Waals surface area contributed by atoms with E-state index in [2.05, 4.69) is 56.3 Å². The minimum atomic E-state index is 0. The number of fused-ring (bicyclic) bond motifs is 1. The molecule has 4 bridgehead atoms. The van der Waals surface area contributed by atoms with Gasteiger partial charge in [0.05, 0.1) is 5.76 Å². The average molecular weight is 743 g/mol. The monoisotopic (exact) mass is 743 g/mol. The van der Waals surface area contributed by atoms with E-state index < -0.39 is 0 Å². The molecule has 1 heterocycles. The van der Waals surface area contributed by atoms with E-state index in [4.69, 9.17) is 4.98 Å². The van der Waals surface area contributed by atoms with Crippen molar-refractivity contribution in [1.82, 2.24) is 4.98 Å². The number of ketones is 1. The Bertz CT molecular complexity index is 1380. The van der Waals surface area contributed by atoms with Gasteiger partial charge in [-0.1, -0.05) is 59.7 Å². The number of benzene rings is 2. The fraction of sp³-hybridized carbons (Fsp3) is 0.526. The summed E-state index contributed by atoms with van der Waals surface area (Å²) < 4.78 is 0. The molecule has 3 aromatic rings. The van der Waals surface area contributed by atoms with Crippen molar-refractivity contribution in [1.29, 1.82) is 0 Å². The Balaban J connectivity index is 0.000000249. The second-order valence-electron chi connectivity index (χ2n) is 14.3. The second kappa shape index (κ2) is 13.6. The summed E-state index contributed by atoms with van der Waals surface area (Å²) in [5.41, 5.74) is 6.70. The predicted molar refractivity (Wildman–Crippen MR) is 170 cm³/mol. The third-order valence-electron chi connectivity index (χ3n) is 9.37. The predicted octanol–water partition coefficient (Wildman–Crippen LogP) is 9.87. The van der Waals surface area contributed by atoms with Crippen LogP contribution < -0.4 is 0 Å². The third kappa shape index (κ3) is 7.61. The summed E-state index contributed by atoms with van der Waals surface area (Å²) in [6.45, 7) is 12.3. The summed E-state index contributed by atoms with van der Waals surface area (Å²) in [6.07, 6.45) is 13.1. The van der Waals surface area contributed by atoms with Gasteiger partial charge in [0, 0.05) is 45.2 Å². The van der Waals surface area contributed by atoms with Crippen molar-refractivity contribution in [3.05, 3.63) is 77.2 Å². The zero-order chi connectivity index (χ0) is 29.3. The van der Waals surface area contributed by atoms with E-state index in [1.807, 2.05) is 33.9 Å². The SMILES string of the molecule is CC(C)CC(=O)/C=C(\O)CC(C)C.Cc1[c-]c(-c2nccc3ccc(C45CC6CC(CC(C6)C4)C5)cc23)cc(C)c1.[Ir]. The smallest absolute Gasteiger partial charge is 0.159 e. The van der Waals surface area contributed by atoms with Crippen LogP contribution in [0.4, 0.5) is 0 Å². The first kappa shape index (κ1) is 32.6. The number of aliphatic hydroxyl groups excluding tert-OH is 1. The van der Waals surface area contributed by atoms with Gasteiger partial charge >= 0.3 is 0 Å². The summed E-state index contributed by atoms with van der Waals surface area (Å²) >= 11 is 0. The molecule has 2 aromatic carbocycles. The molecule has 1 aromatic heterocycles. The van der Waals surface area contributed by atoms with Gasteiger partial charge in [-0.05, 0) is 102 Å². The molecule has 0 spiro atoms. The van der Waals surface area contributed by atoms with E-state index in [1.54, 1.807) is 5.56 Å². The summed E-state index contributed by atoms with van der Waals surface area (Å²) in [4.78, 5) is 16.0.